The molecule has 0 unspecified atom stereocenters. The van der Waals surface area contributed by atoms with Gasteiger partial charge in [0.15, 0.2) is 0 Å². The van der Waals surface area contributed by atoms with Gasteiger partial charge in [-0.2, -0.15) is 0 Å². The summed E-state index contributed by atoms with van der Waals surface area (Å²) >= 11 is 0. The van der Waals surface area contributed by atoms with E-state index in [4.69, 9.17) is 5.84 Å². The van der Waals surface area contributed by atoms with Crippen LogP contribution in [0, 0.1) is 6.07 Å². The van der Waals surface area contributed by atoms with Gasteiger partial charge in [-0.1, -0.05) is 24.3 Å². The highest BCUT2D eigenvalue weighted by Gasteiger charge is 1.95. The molecule has 1 rings (SSSR count). The van der Waals surface area contributed by atoms with Gasteiger partial charge in [0.1, 0.15) is 0 Å². The number of amides is 2. The highest BCUT2D eigenvalue weighted by molar-refractivity contribution is 5.72. The Balaban J connectivity index is 2.24. The number of nitrogens with two attached hydrogens (primary N) is 1. The van der Waals surface area contributed by atoms with E-state index >= 15 is 0 Å². The first-order valence-electron chi connectivity index (χ1n) is 4.02. The third-order valence-electron chi connectivity index (χ3n) is 1.62. The smallest absolute Gasteiger partial charge is 0.328 e. The minimum absolute atomic E-state index is 0.359. The van der Waals surface area contributed by atoms with Gasteiger partial charge in [0.05, 0.1) is 0 Å². The van der Waals surface area contributed by atoms with Crippen LogP contribution in [0.5, 0.6) is 0 Å². The Morgan fingerprint density at radius 2 is 2.15 bits per heavy atom. The van der Waals surface area contributed by atoms with Crippen LogP contribution in [0.15, 0.2) is 24.3 Å². The Bertz CT molecular complexity index is 261. The summed E-state index contributed by atoms with van der Waals surface area (Å²) in [5, 5.41) is 2.60. The van der Waals surface area contributed by atoms with Gasteiger partial charge < -0.3 is 5.32 Å². The molecule has 0 spiro atoms. The Hall–Kier alpha value is -1.55. The number of carbonyl (C=O) groups excluding carboxylic acids is 1. The molecule has 0 atom stereocenters. The summed E-state index contributed by atoms with van der Waals surface area (Å²) in [6.07, 6.45) is 0.794. The lowest BCUT2D eigenvalue weighted by Crippen LogP contribution is -2.40. The van der Waals surface area contributed by atoms with Gasteiger partial charge in [-0.3, -0.25) is 5.43 Å². The lowest BCUT2D eigenvalue weighted by Gasteiger charge is -2.03. The number of rotatable bonds is 3. The maximum atomic E-state index is 10.6. The van der Waals surface area contributed by atoms with Crippen molar-refractivity contribution < 1.29 is 4.79 Å². The molecule has 69 valence electrons. The van der Waals surface area contributed by atoms with Gasteiger partial charge in [0.25, 0.3) is 0 Å². The van der Waals surface area contributed by atoms with Crippen LogP contribution in [0.1, 0.15) is 5.56 Å². The van der Waals surface area contributed by atoms with Crippen molar-refractivity contribution in [3.8, 4) is 0 Å². The zero-order chi connectivity index (χ0) is 9.52. The Morgan fingerprint density at radius 1 is 1.46 bits per heavy atom. The van der Waals surface area contributed by atoms with Crippen molar-refractivity contribution in [3.63, 3.8) is 0 Å². The fraction of sp³-hybridized carbons (Fsp3) is 0.222. The van der Waals surface area contributed by atoms with Gasteiger partial charge in [0, 0.05) is 6.54 Å². The maximum Gasteiger partial charge on any atom is 0.328 e. The summed E-state index contributed by atoms with van der Waals surface area (Å²) in [5.41, 5.74) is 3.16. The van der Waals surface area contributed by atoms with Crippen molar-refractivity contribution >= 4 is 6.03 Å². The van der Waals surface area contributed by atoms with Crippen molar-refractivity contribution in [2.45, 2.75) is 6.42 Å². The first-order chi connectivity index (χ1) is 6.33. The molecule has 4 heteroatoms. The summed E-state index contributed by atoms with van der Waals surface area (Å²) in [4.78, 5) is 10.6. The Kier molecular flexibility index (Phi) is 3.78. The molecule has 1 radical (unpaired) electrons. The van der Waals surface area contributed by atoms with Gasteiger partial charge in [-0.05, 0) is 18.1 Å². The maximum absolute atomic E-state index is 10.6. The number of hydrogen-bond acceptors (Lipinski definition) is 2. The van der Waals surface area contributed by atoms with Crippen molar-refractivity contribution in [3.05, 3.63) is 35.9 Å². The van der Waals surface area contributed by atoms with E-state index in [0.717, 1.165) is 12.0 Å². The van der Waals surface area contributed by atoms with E-state index in [1.807, 2.05) is 29.7 Å². The van der Waals surface area contributed by atoms with E-state index in [2.05, 4.69) is 11.4 Å². The van der Waals surface area contributed by atoms with Crippen LogP contribution >= 0.6 is 0 Å². The molecule has 0 aliphatic carbocycles. The predicted molar refractivity (Wildman–Crippen MR) is 49.7 cm³/mol. The normalized spacial score (nSPS) is 9.31. The number of benzene rings is 1. The molecule has 0 aromatic heterocycles. The largest absolute Gasteiger partial charge is 0.337 e. The zero-order valence-corrected chi connectivity index (χ0v) is 7.21. The molecule has 0 aliphatic heterocycles. The topological polar surface area (TPSA) is 67.1 Å². The van der Waals surface area contributed by atoms with Crippen LogP contribution in [0.2, 0.25) is 0 Å². The van der Waals surface area contributed by atoms with Gasteiger partial charge in [0.2, 0.25) is 0 Å². The summed E-state index contributed by atoms with van der Waals surface area (Å²) in [6, 6.07) is 10.2. The van der Waals surface area contributed by atoms with Crippen LogP contribution in [0.3, 0.4) is 0 Å². The number of hydrogen-bond donors (Lipinski definition) is 3. The predicted octanol–water partition coefficient (Wildman–Crippen LogP) is 0.202. The molecule has 0 heterocycles. The third kappa shape index (κ3) is 3.57. The van der Waals surface area contributed by atoms with Crippen molar-refractivity contribution in [2.75, 3.05) is 6.54 Å². The second kappa shape index (κ2) is 5.16. The lowest BCUT2D eigenvalue weighted by molar-refractivity contribution is 0.241. The average Bonchev–Trinajstić information content (AvgIpc) is 2.19. The average molecular weight is 178 g/mol. The first-order valence-corrected chi connectivity index (χ1v) is 4.02. The van der Waals surface area contributed by atoms with E-state index in [9.17, 15) is 4.79 Å². The monoisotopic (exact) mass is 178 g/mol. The molecule has 1 aromatic rings. The quantitative estimate of drug-likeness (QED) is 0.351. The minimum atomic E-state index is -0.359. The van der Waals surface area contributed by atoms with Crippen LogP contribution in [-0.2, 0) is 6.42 Å². The molecule has 2 amide bonds. The standard InChI is InChI=1S/C9H12N3O/c10-12-9(13)11-7-6-8-4-2-1-3-5-8/h2-5H,6-7,10H2,(H2,11,12,13). The second-order valence-electron chi connectivity index (χ2n) is 2.56. The minimum Gasteiger partial charge on any atom is -0.337 e. The number of hydrazine groups is 1. The Morgan fingerprint density at radius 3 is 2.77 bits per heavy atom. The fourth-order valence-corrected chi connectivity index (χ4v) is 0.959. The third-order valence-corrected chi connectivity index (χ3v) is 1.62. The molecule has 0 saturated heterocycles. The summed E-state index contributed by atoms with van der Waals surface area (Å²) in [6.45, 7) is 0.576. The highest BCUT2D eigenvalue weighted by atomic mass is 16.2. The van der Waals surface area contributed by atoms with E-state index in [1.165, 1.54) is 0 Å². The summed E-state index contributed by atoms with van der Waals surface area (Å²) in [5.74, 6) is 4.88. The molecule has 1 aromatic carbocycles. The van der Waals surface area contributed by atoms with Crippen molar-refractivity contribution in [1.82, 2.24) is 10.7 Å². The van der Waals surface area contributed by atoms with Gasteiger partial charge >= 0.3 is 6.03 Å². The molecular formula is C9H12N3O. The number of carbonyl (C=O) groups is 1. The lowest BCUT2D eigenvalue weighted by atomic mass is 10.1. The van der Waals surface area contributed by atoms with Crippen LogP contribution in [-0.4, -0.2) is 12.6 Å². The summed E-state index contributed by atoms with van der Waals surface area (Å²) in [7, 11) is 0. The Labute approximate surface area is 77.1 Å². The molecule has 13 heavy (non-hydrogen) atoms. The van der Waals surface area contributed by atoms with Gasteiger partial charge in [-0.15, -0.1) is 0 Å². The molecule has 4 nitrogen and oxygen atoms in total. The van der Waals surface area contributed by atoms with E-state index in [0.29, 0.717) is 6.54 Å². The molecule has 0 aliphatic rings. The first kappa shape index (κ1) is 9.54. The van der Waals surface area contributed by atoms with E-state index in [1.54, 1.807) is 0 Å². The molecule has 0 saturated carbocycles. The van der Waals surface area contributed by atoms with Crippen molar-refractivity contribution in [1.29, 1.82) is 0 Å². The molecule has 0 fully saturated rings. The van der Waals surface area contributed by atoms with Crippen LogP contribution < -0.4 is 16.6 Å². The van der Waals surface area contributed by atoms with Crippen molar-refractivity contribution in [2.24, 2.45) is 5.84 Å². The van der Waals surface area contributed by atoms with Crippen LogP contribution in [0.4, 0.5) is 4.79 Å². The highest BCUT2D eigenvalue weighted by Crippen LogP contribution is 1.97. The molecular weight excluding hydrogens is 166 g/mol. The number of nitrogens with one attached hydrogen (secondary N) is 2. The molecule has 0 bridgehead atoms. The fourth-order valence-electron chi connectivity index (χ4n) is 0.959. The van der Waals surface area contributed by atoms with E-state index in [-0.39, 0.29) is 6.03 Å². The van der Waals surface area contributed by atoms with Crippen LogP contribution in [0.25, 0.3) is 0 Å². The second-order valence-corrected chi connectivity index (χ2v) is 2.56. The number of urea groups is 1. The van der Waals surface area contributed by atoms with Gasteiger partial charge in [-0.25, -0.2) is 10.6 Å². The summed E-state index contributed by atoms with van der Waals surface area (Å²) < 4.78 is 0. The zero-order valence-electron chi connectivity index (χ0n) is 7.21. The molecule has 4 N–H and O–H groups in total. The van der Waals surface area contributed by atoms with E-state index < -0.39 is 0 Å². The SMILES string of the molecule is NNC(=O)NCCc1cc[c]cc1.